The molecule has 0 aliphatic carbocycles. The Morgan fingerprint density at radius 1 is 0.957 bits per heavy atom. The molecule has 0 amide bonds. The van der Waals surface area contributed by atoms with Gasteiger partial charge in [0.1, 0.15) is 17.6 Å². The maximum absolute atomic E-state index is 9.27. The summed E-state index contributed by atoms with van der Waals surface area (Å²) in [5.41, 5.74) is 1.06. The van der Waals surface area contributed by atoms with E-state index in [1.807, 2.05) is 61.5 Å². The van der Waals surface area contributed by atoms with Crippen molar-refractivity contribution in [2.24, 2.45) is 0 Å². The predicted octanol–water partition coefficient (Wildman–Crippen LogP) is 3.43. The fourth-order valence-corrected chi connectivity index (χ4v) is 2.30. The summed E-state index contributed by atoms with van der Waals surface area (Å²) in [5.74, 6) is 1.62. The molecule has 0 saturated carbocycles. The maximum atomic E-state index is 9.27. The van der Waals surface area contributed by atoms with E-state index in [0.29, 0.717) is 13.0 Å². The Bertz CT molecular complexity index is 553. The van der Waals surface area contributed by atoms with Crippen molar-refractivity contribution in [1.82, 2.24) is 0 Å². The molecule has 2 rings (SSSR count). The molecule has 0 radical (unpaired) electrons. The molecule has 2 aromatic carbocycles. The van der Waals surface area contributed by atoms with Gasteiger partial charge in [0, 0.05) is 13.0 Å². The third-order valence-electron chi connectivity index (χ3n) is 3.63. The second-order valence-electron chi connectivity index (χ2n) is 5.35. The normalized spacial score (nSPS) is 13.3. The molecule has 4 nitrogen and oxygen atoms in total. The van der Waals surface area contributed by atoms with Gasteiger partial charge in [-0.3, -0.25) is 0 Å². The van der Waals surface area contributed by atoms with E-state index in [1.165, 1.54) is 0 Å². The highest BCUT2D eigenvalue weighted by molar-refractivity contribution is 5.26. The molecule has 1 N–H and O–H groups in total. The summed E-state index contributed by atoms with van der Waals surface area (Å²) in [4.78, 5) is 0. The average Bonchev–Trinajstić information content (AvgIpc) is 2.60. The second-order valence-corrected chi connectivity index (χ2v) is 5.35. The van der Waals surface area contributed by atoms with E-state index in [1.54, 1.807) is 7.11 Å². The zero-order chi connectivity index (χ0) is 16.5. The molecule has 0 aliphatic heterocycles. The van der Waals surface area contributed by atoms with Crippen LogP contribution in [0.3, 0.4) is 0 Å². The zero-order valence-electron chi connectivity index (χ0n) is 13.6. The van der Waals surface area contributed by atoms with Crippen molar-refractivity contribution in [3.8, 4) is 11.5 Å². The molecule has 4 heteroatoms. The largest absolute Gasteiger partial charge is 0.497 e. The van der Waals surface area contributed by atoms with Crippen LogP contribution in [-0.4, -0.2) is 31.0 Å². The van der Waals surface area contributed by atoms with E-state index in [9.17, 15) is 5.11 Å². The zero-order valence-corrected chi connectivity index (χ0v) is 13.6. The van der Waals surface area contributed by atoms with E-state index in [4.69, 9.17) is 14.2 Å². The van der Waals surface area contributed by atoms with Crippen LogP contribution in [0.2, 0.25) is 0 Å². The molecular formula is C19H24O4. The summed E-state index contributed by atoms with van der Waals surface area (Å²) >= 11 is 0. The summed E-state index contributed by atoms with van der Waals surface area (Å²) < 4.78 is 17.0. The quantitative estimate of drug-likeness (QED) is 0.770. The van der Waals surface area contributed by atoms with E-state index in [0.717, 1.165) is 17.1 Å². The van der Waals surface area contributed by atoms with Crippen molar-refractivity contribution in [2.75, 3.05) is 13.7 Å². The predicted molar refractivity (Wildman–Crippen MR) is 89.8 cm³/mol. The standard InChI is InChI=1S/C19H24O4/c1-15(23-18-6-4-3-5-7-18)19(12-13-20)22-14-16-8-10-17(21-2)11-9-16/h3-11,15,19-20H,12-14H2,1-2H3/t15-,19?/m0/s1. The lowest BCUT2D eigenvalue weighted by molar-refractivity contribution is -0.0390. The van der Waals surface area contributed by atoms with Gasteiger partial charge in [0.25, 0.3) is 0 Å². The molecule has 0 fully saturated rings. The monoisotopic (exact) mass is 316 g/mol. The molecule has 0 aromatic heterocycles. The van der Waals surface area contributed by atoms with Crippen LogP contribution in [0.4, 0.5) is 0 Å². The highest BCUT2D eigenvalue weighted by atomic mass is 16.5. The molecular weight excluding hydrogens is 292 g/mol. The van der Waals surface area contributed by atoms with Gasteiger partial charge in [0.2, 0.25) is 0 Å². The number of hydrogen-bond acceptors (Lipinski definition) is 4. The summed E-state index contributed by atoms with van der Waals surface area (Å²) in [6.45, 7) is 2.49. The minimum Gasteiger partial charge on any atom is -0.497 e. The Morgan fingerprint density at radius 3 is 2.26 bits per heavy atom. The Morgan fingerprint density at radius 2 is 1.65 bits per heavy atom. The Hall–Kier alpha value is -2.04. The van der Waals surface area contributed by atoms with Crippen molar-refractivity contribution in [3.05, 3.63) is 60.2 Å². The van der Waals surface area contributed by atoms with Crippen LogP contribution in [0.25, 0.3) is 0 Å². The Balaban J connectivity index is 1.91. The van der Waals surface area contributed by atoms with Gasteiger partial charge in [-0.15, -0.1) is 0 Å². The van der Waals surface area contributed by atoms with Crippen LogP contribution < -0.4 is 9.47 Å². The highest BCUT2D eigenvalue weighted by Crippen LogP contribution is 2.18. The van der Waals surface area contributed by atoms with Gasteiger partial charge < -0.3 is 19.3 Å². The van der Waals surface area contributed by atoms with Crippen LogP contribution >= 0.6 is 0 Å². The number of aliphatic hydroxyl groups is 1. The van der Waals surface area contributed by atoms with Gasteiger partial charge in [-0.25, -0.2) is 0 Å². The number of methoxy groups -OCH3 is 1. The fourth-order valence-electron chi connectivity index (χ4n) is 2.30. The topological polar surface area (TPSA) is 47.9 Å². The van der Waals surface area contributed by atoms with Gasteiger partial charge in [-0.2, -0.15) is 0 Å². The van der Waals surface area contributed by atoms with Gasteiger partial charge in [0.05, 0.1) is 19.8 Å². The Kier molecular flexibility index (Phi) is 6.91. The summed E-state index contributed by atoms with van der Waals surface area (Å²) in [6, 6.07) is 17.4. The molecule has 0 saturated heterocycles. The van der Waals surface area contributed by atoms with Gasteiger partial charge in [0.15, 0.2) is 0 Å². The van der Waals surface area contributed by atoms with Crippen LogP contribution in [0.5, 0.6) is 11.5 Å². The smallest absolute Gasteiger partial charge is 0.122 e. The molecule has 23 heavy (non-hydrogen) atoms. The van der Waals surface area contributed by atoms with Crippen molar-refractivity contribution >= 4 is 0 Å². The average molecular weight is 316 g/mol. The Labute approximate surface area is 137 Å². The maximum Gasteiger partial charge on any atom is 0.122 e. The van der Waals surface area contributed by atoms with Gasteiger partial charge in [-0.1, -0.05) is 30.3 Å². The molecule has 0 bridgehead atoms. The van der Waals surface area contributed by atoms with E-state index >= 15 is 0 Å². The first kappa shape index (κ1) is 17.3. The first-order valence-electron chi connectivity index (χ1n) is 7.80. The molecule has 0 aliphatic rings. The van der Waals surface area contributed by atoms with Crippen molar-refractivity contribution in [1.29, 1.82) is 0 Å². The number of hydrogen-bond donors (Lipinski definition) is 1. The number of benzene rings is 2. The van der Waals surface area contributed by atoms with Crippen LogP contribution in [0, 0.1) is 0 Å². The lowest BCUT2D eigenvalue weighted by Crippen LogP contribution is -2.32. The van der Waals surface area contributed by atoms with Gasteiger partial charge >= 0.3 is 0 Å². The SMILES string of the molecule is COc1ccc(COC(CCO)[C@H](C)Oc2ccccc2)cc1. The lowest BCUT2D eigenvalue weighted by Gasteiger charge is -2.25. The molecule has 1 unspecified atom stereocenters. The number of rotatable bonds is 9. The minimum absolute atomic E-state index is 0.0652. The third-order valence-corrected chi connectivity index (χ3v) is 3.63. The molecule has 124 valence electrons. The highest BCUT2D eigenvalue weighted by Gasteiger charge is 2.19. The van der Waals surface area contributed by atoms with Crippen LogP contribution in [-0.2, 0) is 11.3 Å². The molecule has 0 heterocycles. The number of para-hydroxylation sites is 1. The summed E-state index contributed by atoms with van der Waals surface area (Å²) in [7, 11) is 1.64. The molecule has 2 aromatic rings. The van der Waals surface area contributed by atoms with E-state index < -0.39 is 0 Å². The van der Waals surface area contributed by atoms with Crippen molar-refractivity contribution in [3.63, 3.8) is 0 Å². The third kappa shape index (κ3) is 5.58. The van der Waals surface area contributed by atoms with Crippen LogP contribution in [0.1, 0.15) is 18.9 Å². The minimum atomic E-state index is -0.178. The molecule has 0 spiro atoms. The van der Waals surface area contributed by atoms with Gasteiger partial charge in [-0.05, 0) is 36.8 Å². The van der Waals surface area contributed by atoms with E-state index in [2.05, 4.69) is 0 Å². The number of ether oxygens (including phenoxy) is 3. The lowest BCUT2D eigenvalue weighted by atomic mass is 10.1. The summed E-state index contributed by atoms with van der Waals surface area (Å²) in [6.07, 6.45) is 0.203. The first-order valence-corrected chi connectivity index (χ1v) is 7.80. The second kappa shape index (κ2) is 9.18. The summed E-state index contributed by atoms with van der Waals surface area (Å²) in [5, 5.41) is 9.27. The molecule has 2 atom stereocenters. The van der Waals surface area contributed by atoms with Crippen LogP contribution in [0.15, 0.2) is 54.6 Å². The number of aliphatic hydroxyl groups excluding tert-OH is 1. The van der Waals surface area contributed by atoms with Crippen molar-refractivity contribution < 1.29 is 19.3 Å². The van der Waals surface area contributed by atoms with E-state index in [-0.39, 0.29) is 18.8 Å². The fraction of sp³-hybridized carbons (Fsp3) is 0.368. The first-order chi connectivity index (χ1) is 11.2. The van der Waals surface area contributed by atoms with Crippen molar-refractivity contribution in [2.45, 2.75) is 32.2 Å².